The second-order valence-electron chi connectivity index (χ2n) is 9.64. The lowest BCUT2D eigenvalue weighted by molar-refractivity contribution is -0.140. The molecule has 1 amide bonds. The van der Waals surface area contributed by atoms with E-state index in [1.54, 1.807) is 6.92 Å². The van der Waals surface area contributed by atoms with Crippen molar-refractivity contribution in [3.05, 3.63) is 70.0 Å². The van der Waals surface area contributed by atoms with Crippen molar-refractivity contribution in [2.24, 2.45) is 5.92 Å². The van der Waals surface area contributed by atoms with Gasteiger partial charge in [-0.05, 0) is 67.6 Å². The standard InChI is InChI=1S/C27H31F3N2O2/c1-17-15-31(10-11-32(17)27(34)19-6-3-4-7-19)16-21-13-22(28)12-20(18(21)2)14-25(33)26-23(29)8-5-9-24(26)30/h5,8-9,12-13,17,19H,3-4,6-7,10-11,14-16H2,1-2H3/t17-/m0/s1. The highest BCUT2D eigenvalue weighted by Crippen LogP contribution is 2.29. The minimum absolute atomic E-state index is 0.0702. The Morgan fingerprint density at radius 1 is 1.00 bits per heavy atom. The van der Waals surface area contributed by atoms with Crippen LogP contribution in [0.5, 0.6) is 0 Å². The first kappa shape index (κ1) is 24.5. The third-order valence-corrected chi connectivity index (χ3v) is 7.27. The van der Waals surface area contributed by atoms with Gasteiger partial charge in [-0.2, -0.15) is 0 Å². The number of benzene rings is 2. The van der Waals surface area contributed by atoms with Gasteiger partial charge in [0, 0.05) is 44.6 Å². The molecular weight excluding hydrogens is 441 g/mol. The zero-order valence-electron chi connectivity index (χ0n) is 19.8. The Balaban J connectivity index is 1.45. The largest absolute Gasteiger partial charge is 0.337 e. The Morgan fingerprint density at radius 3 is 2.29 bits per heavy atom. The Bertz CT molecular complexity index is 1060. The van der Waals surface area contributed by atoms with Crippen molar-refractivity contribution >= 4 is 11.7 Å². The number of piperazine rings is 1. The SMILES string of the molecule is Cc1c(CC(=O)c2c(F)cccc2F)cc(F)cc1CN1CCN(C(=O)C2CCCC2)[C@@H](C)C1. The van der Waals surface area contributed by atoms with Gasteiger partial charge in [-0.3, -0.25) is 14.5 Å². The van der Waals surface area contributed by atoms with Crippen LogP contribution in [0.15, 0.2) is 30.3 Å². The number of carbonyl (C=O) groups is 2. The fraction of sp³-hybridized carbons (Fsp3) is 0.481. The van der Waals surface area contributed by atoms with Gasteiger partial charge in [-0.25, -0.2) is 13.2 Å². The molecule has 0 spiro atoms. The van der Waals surface area contributed by atoms with Gasteiger partial charge in [0.25, 0.3) is 0 Å². The lowest BCUT2D eigenvalue weighted by Crippen LogP contribution is -2.54. The minimum atomic E-state index is -0.918. The number of nitrogens with zero attached hydrogens (tertiary/aromatic N) is 2. The first-order valence-electron chi connectivity index (χ1n) is 12.0. The summed E-state index contributed by atoms with van der Waals surface area (Å²) < 4.78 is 42.5. The molecule has 1 aliphatic heterocycles. The zero-order valence-corrected chi connectivity index (χ0v) is 19.8. The van der Waals surface area contributed by atoms with E-state index in [0.29, 0.717) is 31.7 Å². The van der Waals surface area contributed by atoms with Crippen molar-refractivity contribution < 1.29 is 22.8 Å². The molecule has 0 aromatic heterocycles. The van der Waals surface area contributed by atoms with Crippen LogP contribution < -0.4 is 0 Å². The molecule has 7 heteroatoms. The van der Waals surface area contributed by atoms with E-state index < -0.39 is 28.8 Å². The van der Waals surface area contributed by atoms with Crippen LogP contribution in [-0.4, -0.2) is 47.2 Å². The van der Waals surface area contributed by atoms with Gasteiger partial charge < -0.3 is 4.90 Å². The number of carbonyl (C=O) groups excluding carboxylic acids is 2. The highest BCUT2D eigenvalue weighted by Gasteiger charge is 2.33. The molecule has 0 bridgehead atoms. The third-order valence-electron chi connectivity index (χ3n) is 7.27. The van der Waals surface area contributed by atoms with Crippen LogP contribution in [0.1, 0.15) is 59.7 Å². The predicted molar refractivity (Wildman–Crippen MR) is 124 cm³/mol. The van der Waals surface area contributed by atoms with Crippen LogP contribution in [0.25, 0.3) is 0 Å². The number of rotatable bonds is 6. The first-order chi connectivity index (χ1) is 16.2. The fourth-order valence-corrected chi connectivity index (χ4v) is 5.32. The van der Waals surface area contributed by atoms with Crippen LogP contribution in [0, 0.1) is 30.3 Å². The molecule has 4 nitrogen and oxygen atoms in total. The summed E-state index contributed by atoms with van der Waals surface area (Å²) in [6.45, 7) is 6.34. The van der Waals surface area contributed by atoms with Crippen LogP contribution in [0.2, 0.25) is 0 Å². The van der Waals surface area contributed by atoms with Crippen LogP contribution in [-0.2, 0) is 17.8 Å². The van der Waals surface area contributed by atoms with E-state index in [4.69, 9.17) is 0 Å². The number of ketones is 1. The van der Waals surface area contributed by atoms with E-state index in [9.17, 15) is 22.8 Å². The first-order valence-corrected chi connectivity index (χ1v) is 12.0. The molecule has 1 atom stereocenters. The molecule has 0 radical (unpaired) electrons. The Labute approximate surface area is 198 Å². The molecule has 182 valence electrons. The average Bonchev–Trinajstić information content (AvgIpc) is 3.31. The number of halogens is 3. The van der Waals surface area contributed by atoms with Gasteiger partial charge in [0.05, 0.1) is 5.56 Å². The van der Waals surface area contributed by atoms with Crippen molar-refractivity contribution in [1.29, 1.82) is 0 Å². The maximum Gasteiger partial charge on any atom is 0.226 e. The quantitative estimate of drug-likeness (QED) is 0.552. The van der Waals surface area contributed by atoms with Crippen LogP contribution >= 0.6 is 0 Å². The van der Waals surface area contributed by atoms with E-state index in [1.807, 2.05) is 11.8 Å². The number of hydrogen-bond acceptors (Lipinski definition) is 3. The number of amides is 1. The molecule has 2 aromatic rings. The maximum absolute atomic E-state index is 14.5. The molecule has 1 heterocycles. The normalized spacial score (nSPS) is 19.6. The van der Waals surface area contributed by atoms with Crippen LogP contribution in [0.4, 0.5) is 13.2 Å². The topological polar surface area (TPSA) is 40.6 Å². The molecule has 2 aliphatic rings. The van der Waals surface area contributed by atoms with E-state index in [2.05, 4.69) is 4.90 Å². The Morgan fingerprint density at radius 2 is 1.65 bits per heavy atom. The molecule has 0 N–H and O–H groups in total. The average molecular weight is 473 g/mol. The highest BCUT2D eigenvalue weighted by atomic mass is 19.1. The molecule has 34 heavy (non-hydrogen) atoms. The zero-order chi connectivity index (χ0) is 24.4. The van der Waals surface area contributed by atoms with E-state index >= 15 is 0 Å². The van der Waals surface area contributed by atoms with Gasteiger partial charge in [-0.15, -0.1) is 0 Å². The molecule has 2 fully saturated rings. The second-order valence-corrected chi connectivity index (χ2v) is 9.64. The maximum atomic E-state index is 14.5. The molecule has 1 saturated carbocycles. The van der Waals surface area contributed by atoms with Crippen molar-refractivity contribution in [2.75, 3.05) is 19.6 Å². The summed E-state index contributed by atoms with van der Waals surface area (Å²) >= 11 is 0. The summed E-state index contributed by atoms with van der Waals surface area (Å²) in [5, 5.41) is 0. The fourth-order valence-electron chi connectivity index (χ4n) is 5.32. The Hall–Kier alpha value is -2.67. The lowest BCUT2D eigenvalue weighted by atomic mass is 9.95. The molecule has 0 unspecified atom stereocenters. The van der Waals surface area contributed by atoms with Gasteiger partial charge >= 0.3 is 0 Å². The molecule has 4 rings (SSSR count). The van der Waals surface area contributed by atoms with Gasteiger partial charge in [0.15, 0.2) is 5.78 Å². The molecule has 1 saturated heterocycles. The number of hydrogen-bond donors (Lipinski definition) is 0. The van der Waals surface area contributed by atoms with Crippen molar-refractivity contribution in [3.8, 4) is 0 Å². The summed E-state index contributed by atoms with van der Waals surface area (Å²) in [4.78, 5) is 29.7. The second kappa shape index (κ2) is 10.3. The Kier molecular flexibility index (Phi) is 7.41. The molecule has 2 aromatic carbocycles. The summed E-state index contributed by atoms with van der Waals surface area (Å²) in [6, 6.07) is 6.07. The lowest BCUT2D eigenvalue weighted by Gasteiger charge is -2.41. The summed E-state index contributed by atoms with van der Waals surface area (Å²) in [5.74, 6) is -2.63. The summed E-state index contributed by atoms with van der Waals surface area (Å²) in [7, 11) is 0. The van der Waals surface area contributed by atoms with E-state index in [1.165, 1.54) is 18.2 Å². The van der Waals surface area contributed by atoms with Crippen LogP contribution in [0.3, 0.4) is 0 Å². The molecule has 1 aliphatic carbocycles. The van der Waals surface area contributed by atoms with Gasteiger partial charge in [0.2, 0.25) is 5.91 Å². The monoisotopic (exact) mass is 472 g/mol. The van der Waals surface area contributed by atoms with Gasteiger partial charge in [0.1, 0.15) is 17.5 Å². The third kappa shape index (κ3) is 5.19. The minimum Gasteiger partial charge on any atom is -0.337 e. The predicted octanol–water partition coefficient (Wildman–Crippen LogP) is 5.06. The van der Waals surface area contributed by atoms with E-state index in [0.717, 1.165) is 48.9 Å². The van der Waals surface area contributed by atoms with E-state index in [-0.39, 0.29) is 24.3 Å². The molecular formula is C27H31F3N2O2. The van der Waals surface area contributed by atoms with Crippen molar-refractivity contribution in [1.82, 2.24) is 9.80 Å². The van der Waals surface area contributed by atoms with Gasteiger partial charge in [-0.1, -0.05) is 18.9 Å². The summed E-state index contributed by atoms with van der Waals surface area (Å²) in [5.41, 5.74) is 1.30. The van der Waals surface area contributed by atoms with Crippen molar-refractivity contribution in [3.63, 3.8) is 0 Å². The number of Topliss-reactive ketones (excluding diaryl/α,β-unsaturated/α-hetero) is 1. The summed E-state index contributed by atoms with van der Waals surface area (Å²) in [6.07, 6.45) is 3.92. The van der Waals surface area contributed by atoms with Crippen molar-refractivity contribution in [2.45, 2.75) is 58.5 Å². The smallest absolute Gasteiger partial charge is 0.226 e. The highest BCUT2D eigenvalue weighted by molar-refractivity contribution is 5.98.